The van der Waals surface area contributed by atoms with Gasteiger partial charge in [-0.1, -0.05) is 114 Å². The Morgan fingerprint density at radius 1 is 0.880 bits per heavy atom. The zero-order chi connectivity index (χ0) is 18.6. The number of hydrogen-bond acceptors (Lipinski definition) is 2. The second-order valence-electron chi connectivity index (χ2n) is 6.17. The molecule has 1 aromatic carbocycles. The standard InChI is InChI=1S/C15H28O2.C8H8/c1-3-5-6-7-8-9-10-11-12-13-14-17-15(16)4-2;1-2-8-6-4-3-5-7-8/h4H,2-3,5-14H2,1H3;2-7H,1H2. The van der Waals surface area contributed by atoms with Gasteiger partial charge in [-0.15, -0.1) is 0 Å². The first-order chi connectivity index (χ1) is 12.2. The molecule has 1 aromatic rings. The van der Waals surface area contributed by atoms with E-state index >= 15 is 0 Å². The van der Waals surface area contributed by atoms with Gasteiger partial charge < -0.3 is 4.74 Å². The van der Waals surface area contributed by atoms with Crippen molar-refractivity contribution in [2.24, 2.45) is 0 Å². The number of rotatable bonds is 13. The number of benzene rings is 1. The molecule has 0 amide bonds. The molecule has 0 N–H and O–H groups in total. The predicted molar refractivity (Wildman–Crippen MR) is 110 cm³/mol. The molecule has 0 radical (unpaired) electrons. The lowest BCUT2D eigenvalue weighted by molar-refractivity contribution is -0.137. The van der Waals surface area contributed by atoms with Crippen molar-refractivity contribution in [3.63, 3.8) is 0 Å². The molecule has 2 nitrogen and oxygen atoms in total. The van der Waals surface area contributed by atoms with Gasteiger partial charge in [0.25, 0.3) is 0 Å². The van der Waals surface area contributed by atoms with Crippen molar-refractivity contribution >= 4 is 12.0 Å². The molecule has 0 aliphatic carbocycles. The van der Waals surface area contributed by atoms with Crippen LogP contribution in [0.25, 0.3) is 6.08 Å². The third-order valence-corrected chi connectivity index (χ3v) is 3.94. The molecule has 0 aromatic heterocycles. The third kappa shape index (κ3) is 16.8. The minimum atomic E-state index is -0.305. The number of hydrogen-bond donors (Lipinski definition) is 0. The lowest BCUT2D eigenvalue weighted by Crippen LogP contribution is -2.01. The van der Waals surface area contributed by atoms with Gasteiger partial charge in [-0.3, -0.25) is 0 Å². The van der Waals surface area contributed by atoms with Crippen molar-refractivity contribution in [3.8, 4) is 0 Å². The van der Waals surface area contributed by atoms with E-state index in [-0.39, 0.29) is 5.97 Å². The first-order valence-electron chi connectivity index (χ1n) is 9.71. The number of ether oxygens (including phenoxy) is 1. The molecule has 1 rings (SSSR count). The van der Waals surface area contributed by atoms with Gasteiger partial charge >= 0.3 is 5.97 Å². The maximum atomic E-state index is 10.7. The summed E-state index contributed by atoms with van der Waals surface area (Å²) in [6.07, 6.45) is 16.0. The van der Waals surface area contributed by atoms with Crippen LogP contribution >= 0.6 is 0 Å². The fourth-order valence-corrected chi connectivity index (χ4v) is 2.41. The summed E-state index contributed by atoms with van der Waals surface area (Å²) in [6.45, 7) is 9.78. The van der Waals surface area contributed by atoms with Crippen LogP contribution in [0.3, 0.4) is 0 Å². The van der Waals surface area contributed by atoms with Crippen LogP contribution in [0.2, 0.25) is 0 Å². The molecular weight excluding hydrogens is 308 g/mol. The Morgan fingerprint density at radius 3 is 1.84 bits per heavy atom. The van der Waals surface area contributed by atoms with E-state index in [4.69, 9.17) is 4.74 Å². The highest BCUT2D eigenvalue weighted by molar-refractivity contribution is 5.81. The van der Waals surface area contributed by atoms with E-state index in [0.717, 1.165) is 6.42 Å². The Bertz CT molecular complexity index is 437. The van der Waals surface area contributed by atoms with E-state index in [2.05, 4.69) is 20.1 Å². The van der Waals surface area contributed by atoms with Gasteiger partial charge in [-0.05, 0) is 12.0 Å². The van der Waals surface area contributed by atoms with Gasteiger partial charge in [-0.25, -0.2) is 4.79 Å². The normalized spacial score (nSPS) is 9.64. The van der Waals surface area contributed by atoms with E-state index in [1.807, 2.05) is 36.4 Å². The molecule has 0 aliphatic heterocycles. The van der Waals surface area contributed by atoms with Crippen LogP contribution in [-0.4, -0.2) is 12.6 Å². The second kappa shape index (κ2) is 18.5. The van der Waals surface area contributed by atoms with Crippen molar-refractivity contribution in [1.82, 2.24) is 0 Å². The summed E-state index contributed by atoms with van der Waals surface area (Å²) in [6, 6.07) is 10.0. The van der Waals surface area contributed by atoms with Crippen molar-refractivity contribution in [2.75, 3.05) is 6.61 Å². The van der Waals surface area contributed by atoms with Crippen LogP contribution < -0.4 is 0 Å². The Balaban J connectivity index is 0.000000593. The zero-order valence-electron chi connectivity index (χ0n) is 16.1. The molecule has 0 aliphatic rings. The average Bonchev–Trinajstić information content (AvgIpc) is 2.67. The third-order valence-electron chi connectivity index (χ3n) is 3.94. The van der Waals surface area contributed by atoms with Gasteiger partial charge in [0.2, 0.25) is 0 Å². The molecule has 0 spiro atoms. The number of carbonyl (C=O) groups excluding carboxylic acids is 1. The Hall–Kier alpha value is -1.83. The summed E-state index contributed by atoms with van der Waals surface area (Å²) in [5.74, 6) is -0.305. The molecule has 0 atom stereocenters. The minimum Gasteiger partial charge on any atom is -0.463 e. The molecule has 0 heterocycles. The van der Waals surface area contributed by atoms with Crippen LogP contribution in [0.1, 0.15) is 76.7 Å². The van der Waals surface area contributed by atoms with Gasteiger partial charge in [0, 0.05) is 6.08 Å². The fraction of sp³-hybridized carbons (Fsp3) is 0.522. The first-order valence-corrected chi connectivity index (χ1v) is 9.71. The Labute approximate surface area is 155 Å². The fourth-order valence-electron chi connectivity index (χ4n) is 2.41. The number of carbonyl (C=O) groups is 1. The molecule has 0 saturated heterocycles. The SMILES string of the molecule is C=CC(=O)OCCCCCCCCCCCC.C=Cc1ccccc1. The van der Waals surface area contributed by atoms with Crippen molar-refractivity contribution in [2.45, 2.75) is 71.1 Å². The van der Waals surface area contributed by atoms with Crippen molar-refractivity contribution < 1.29 is 9.53 Å². The van der Waals surface area contributed by atoms with Crippen LogP contribution in [0.4, 0.5) is 0 Å². The highest BCUT2D eigenvalue weighted by Crippen LogP contribution is 2.10. The van der Waals surface area contributed by atoms with E-state index in [9.17, 15) is 4.79 Å². The van der Waals surface area contributed by atoms with Gasteiger partial charge in [0.1, 0.15) is 0 Å². The van der Waals surface area contributed by atoms with E-state index in [1.165, 1.54) is 69.4 Å². The highest BCUT2D eigenvalue weighted by atomic mass is 16.5. The monoisotopic (exact) mass is 344 g/mol. The van der Waals surface area contributed by atoms with E-state index in [0.29, 0.717) is 6.61 Å². The number of esters is 1. The molecule has 0 bridgehead atoms. The number of unbranched alkanes of at least 4 members (excludes halogenated alkanes) is 9. The average molecular weight is 345 g/mol. The minimum absolute atomic E-state index is 0.305. The Kier molecular flexibility index (Phi) is 17.2. The summed E-state index contributed by atoms with van der Waals surface area (Å²) in [7, 11) is 0. The van der Waals surface area contributed by atoms with Crippen LogP contribution in [0, 0.1) is 0 Å². The summed E-state index contributed by atoms with van der Waals surface area (Å²) < 4.78 is 4.91. The van der Waals surface area contributed by atoms with Gasteiger partial charge in [-0.2, -0.15) is 0 Å². The molecule has 0 saturated carbocycles. The lowest BCUT2D eigenvalue weighted by atomic mass is 10.1. The van der Waals surface area contributed by atoms with E-state index < -0.39 is 0 Å². The predicted octanol–water partition coefficient (Wildman–Crippen LogP) is 6.97. The molecule has 2 heteroatoms. The second-order valence-corrected chi connectivity index (χ2v) is 6.17. The molecular formula is C23H36O2. The van der Waals surface area contributed by atoms with Crippen molar-refractivity contribution in [3.05, 3.63) is 55.1 Å². The largest absolute Gasteiger partial charge is 0.463 e. The van der Waals surface area contributed by atoms with E-state index in [1.54, 1.807) is 0 Å². The molecule has 140 valence electrons. The van der Waals surface area contributed by atoms with Gasteiger partial charge in [0.05, 0.1) is 6.61 Å². The van der Waals surface area contributed by atoms with Crippen LogP contribution in [0.5, 0.6) is 0 Å². The zero-order valence-corrected chi connectivity index (χ0v) is 16.1. The molecule has 0 unspecified atom stereocenters. The van der Waals surface area contributed by atoms with Crippen LogP contribution in [0.15, 0.2) is 49.6 Å². The summed E-state index contributed by atoms with van der Waals surface area (Å²) >= 11 is 0. The van der Waals surface area contributed by atoms with Gasteiger partial charge in [0.15, 0.2) is 0 Å². The maximum absolute atomic E-state index is 10.7. The molecule has 25 heavy (non-hydrogen) atoms. The first kappa shape index (κ1) is 23.2. The van der Waals surface area contributed by atoms with Crippen LogP contribution in [-0.2, 0) is 9.53 Å². The smallest absolute Gasteiger partial charge is 0.330 e. The summed E-state index contributed by atoms with van der Waals surface area (Å²) in [5, 5.41) is 0. The quantitative estimate of drug-likeness (QED) is 0.219. The summed E-state index contributed by atoms with van der Waals surface area (Å²) in [4.78, 5) is 10.7. The topological polar surface area (TPSA) is 26.3 Å². The Morgan fingerprint density at radius 2 is 1.40 bits per heavy atom. The molecule has 0 fully saturated rings. The summed E-state index contributed by atoms with van der Waals surface area (Å²) in [5.41, 5.74) is 1.17. The highest BCUT2D eigenvalue weighted by Gasteiger charge is 1.95. The lowest BCUT2D eigenvalue weighted by Gasteiger charge is -2.03. The maximum Gasteiger partial charge on any atom is 0.330 e. The van der Waals surface area contributed by atoms with Crippen molar-refractivity contribution in [1.29, 1.82) is 0 Å².